The van der Waals surface area contributed by atoms with Gasteiger partial charge in [0.2, 0.25) is 0 Å². The molecule has 0 spiro atoms. The van der Waals surface area contributed by atoms with E-state index in [0.717, 1.165) is 12.4 Å². The monoisotopic (exact) mass is 206 g/mol. The predicted octanol–water partition coefficient (Wildman–Crippen LogP) is 1.39. The summed E-state index contributed by atoms with van der Waals surface area (Å²) in [5, 5.41) is 0. The van der Waals surface area contributed by atoms with Crippen molar-refractivity contribution < 1.29 is 4.74 Å². The molecule has 0 aliphatic carbocycles. The van der Waals surface area contributed by atoms with Gasteiger partial charge < -0.3 is 4.74 Å². The van der Waals surface area contributed by atoms with Gasteiger partial charge in [-0.3, -0.25) is 11.3 Å². The number of ether oxygens (including phenoxy) is 1. The van der Waals surface area contributed by atoms with Gasteiger partial charge in [0.1, 0.15) is 0 Å². The van der Waals surface area contributed by atoms with Gasteiger partial charge in [-0.2, -0.15) is 11.8 Å². The quantitative estimate of drug-likeness (QED) is 0.509. The summed E-state index contributed by atoms with van der Waals surface area (Å²) < 4.78 is 5.59. The molecule has 1 unspecified atom stereocenters. The Bertz CT molecular complexity index is 125. The van der Waals surface area contributed by atoms with E-state index in [1.165, 1.54) is 0 Å². The van der Waals surface area contributed by atoms with Gasteiger partial charge in [0, 0.05) is 17.1 Å². The Kier molecular flexibility index (Phi) is 6.77. The third kappa shape index (κ3) is 8.56. The fourth-order valence-electron chi connectivity index (χ4n) is 0.755. The largest absolute Gasteiger partial charge is 0.380 e. The summed E-state index contributed by atoms with van der Waals surface area (Å²) in [7, 11) is 0. The lowest BCUT2D eigenvalue weighted by Crippen LogP contribution is -2.41. The first-order chi connectivity index (χ1) is 5.99. The molecule has 4 heteroatoms. The zero-order valence-electron chi connectivity index (χ0n) is 9.09. The van der Waals surface area contributed by atoms with Crippen LogP contribution in [0.3, 0.4) is 0 Å². The second-order valence-corrected chi connectivity index (χ2v) is 5.79. The molecule has 0 rings (SSSR count). The van der Waals surface area contributed by atoms with Crippen molar-refractivity contribution in [3.8, 4) is 0 Å². The number of nitrogens with two attached hydrogens (primary N) is 1. The molecule has 0 saturated heterocycles. The van der Waals surface area contributed by atoms with E-state index < -0.39 is 0 Å². The van der Waals surface area contributed by atoms with E-state index in [-0.39, 0.29) is 6.04 Å². The predicted molar refractivity (Wildman–Crippen MR) is 59.8 cm³/mol. The lowest BCUT2D eigenvalue weighted by atomic mass is 10.3. The highest BCUT2D eigenvalue weighted by atomic mass is 32.2. The van der Waals surface area contributed by atoms with Crippen molar-refractivity contribution >= 4 is 11.8 Å². The summed E-state index contributed by atoms with van der Waals surface area (Å²) in [6.45, 7) is 10.0. The van der Waals surface area contributed by atoms with Crippen molar-refractivity contribution in [1.29, 1.82) is 0 Å². The molecule has 1 atom stereocenters. The molecule has 3 nitrogen and oxygen atoms in total. The van der Waals surface area contributed by atoms with E-state index in [1.54, 1.807) is 0 Å². The van der Waals surface area contributed by atoms with Crippen LogP contribution >= 0.6 is 11.8 Å². The van der Waals surface area contributed by atoms with Gasteiger partial charge in [-0.15, -0.1) is 0 Å². The van der Waals surface area contributed by atoms with Crippen molar-refractivity contribution in [3.05, 3.63) is 0 Å². The van der Waals surface area contributed by atoms with Crippen LogP contribution in [-0.2, 0) is 4.74 Å². The lowest BCUT2D eigenvalue weighted by Gasteiger charge is -2.22. The summed E-state index contributed by atoms with van der Waals surface area (Å²) in [6, 6.07) is 0.254. The van der Waals surface area contributed by atoms with Crippen LogP contribution in [0.1, 0.15) is 27.7 Å². The highest BCUT2D eigenvalue weighted by Gasteiger charge is 2.14. The molecule has 13 heavy (non-hydrogen) atoms. The van der Waals surface area contributed by atoms with Crippen molar-refractivity contribution in [1.82, 2.24) is 5.43 Å². The van der Waals surface area contributed by atoms with Crippen LogP contribution in [0, 0.1) is 0 Å². The van der Waals surface area contributed by atoms with Gasteiger partial charge in [0.05, 0.1) is 12.6 Å². The third-order valence-corrected chi connectivity index (χ3v) is 2.91. The summed E-state index contributed by atoms with van der Waals surface area (Å²) in [6.07, 6.45) is 0. The molecule has 0 saturated carbocycles. The Balaban J connectivity index is 3.59. The standard InChI is InChI=1S/C9H22N2OS/c1-5-12-6-8(11-10)7-13-9(2,3)4/h8,11H,5-7,10H2,1-4H3. The van der Waals surface area contributed by atoms with Crippen LogP contribution < -0.4 is 11.3 Å². The first-order valence-corrected chi connectivity index (χ1v) is 5.66. The first-order valence-electron chi connectivity index (χ1n) is 4.67. The molecule has 0 aliphatic rings. The van der Waals surface area contributed by atoms with Crippen molar-refractivity contribution in [2.24, 2.45) is 5.84 Å². The number of rotatable bonds is 6. The SMILES string of the molecule is CCOCC(CSC(C)(C)C)NN. The minimum Gasteiger partial charge on any atom is -0.380 e. The highest BCUT2D eigenvalue weighted by Crippen LogP contribution is 2.23. The van der Waals surface area contributed by atoms with Gasteiger partial charge in [-0.25, -0.2) is 0 Å². The van der Waals surface area contributed by atoms with Crippen LogP contribution in [0.25, 0.3) is 0 Å². The van der Waals surface area contributed by atoms with Crippen LogP contribution in [0.5, 0.6) is 0 Å². The Morgan fingerprint density at radius 3 is 2.46 bits per heavy atom. The molecule has 0 bridgehead atoms. The summed E-state index contributed by atoms with van der Waals surface area (Å²) in [5.74, 6) is 6.39. The summed E-state index contributed by atoms with van der Waals surface area (Å²) in [4.78, 5) is 0. The lowest BCUT2D eigenvalue weighted by molar-refractivity contribution is 0.129. The van der Waals surface area contributed by atoms with E-state index in [2.05, 4.69) is 26.2 Å². The number of hydrazine groups is 1. The van der Waals surface area contributed by atoms with Gasteiger partial charge >= 0.3 is 0 Å². The van der Waals surface area contributed by atoms with Crippen LogP contribution in [0.4, 0.5) is 0 Å². The molecular weight excluding hydrogens is 184 g/mol. The van der Waals surface area contributed by atoms with E-state index in [0.29, 0.717) is 11.4 Å². The maximum absolute atomic E-state index is 5.40. The van der Waals surface area contributed by atoms with Crippen LogP contribution in [-0.4, -0.2) is 29.8 Å². The maximum Gasteiger partial charge on any atom is 0.0641 e. The minimum atomic E-state index is 0.254. The Labute approximate surface area is 85.8 Å². The maximum atomic E-state index is 5.40. The van der Waals surface area contributed by atoms with E-state index >= 15 is 0 Å². The fourth-order valence-corrected chi connectivity index (χ4v) is 1.65. The van der Waals surface area contributed by atoms with E-state index in [1.807, 2.05) is 18.7 Å². The van der Waals surface area contributed by atoms with E-state index in [9.17, 15) is 0 Å². The van der Waals surface area contributed by atoms with Crippen LogP contribution in [0.2, 0.25) is 0 Å². The average Bonchev–Trinajstić information content (AvgIpc) is 2.03. The molecule has 0 aliphatic heterocycles. The molecule has 80 valence electrons. The molecule has 0 heterocycles. The Hall–Kier alpha value is 0.230. The van der Waals surface area contributed by atoms with E-state index in [4.69, 9.17) is 10.6 Å². The second-order valence-electron chi connectivity index (χ2n) is 3.95. The van der Waals surface area contributed by atoms with Crippen LogP contribution in [0.15, 0.2) is 0 Å². The molecule has 0 aromatic rings. The van der Waals surface area contributed by atoms with Crippen molar-refractivity contribution in [2.75, 3.05) is 19.0 Å². The van der Waals surface area contributed by atoms with Crippen molar-refractivity contribution in [3.63, 3.8) is 0 Å². The van der Waals surface area contributed by atoms with Crippen molar-refractivity contribution in [2.45, 2.75) is 38.5 Å². The molecule has 3 N–H and O–H groups in total. The third-order valence-electron chi connectivity index (χ3n) is 1.48. The summed E-state index contributed by atoms with van der Waals surface area (Å²) in [5.41, 5.74) is 2.76. The average molecular weight is 206 g/mol. The normalized spacial score (nSPS) is 14.5. The Morgan fingerprint density at radius 2 is 2.08 bits per heavy atom. The first kappa shape index (κ1) is 13.2. The molecule has 0 amide bonds. The fraction of sp³-hybridized carbons (Fsp3) is 1.00. The van der Waals surface area contributed by atoms with Gasteiger partial charge in [-0.05, 0) is 6.92 Å². The molecule has 0 aromatic heterocycles. The molecule has 0 aromatic carbocycles. The van der Waals surface area contributed by atoms with Gasteiger partial charge in [-0.1, -0.05) is 20.8 Å². The van der Waals surface area contributed by atoms with Gasteiger partial charge in [0.15, 0.2) is 0 Å². The molecular formula is C9H22N2OS. The summed E-state index contributed by atoms with van der Waals surface area (Å²) >= 11 is 1.89. The minimum absolute atomic E-state index is 0.254. The van der Waals surface area contributed by atoms with Gasteiger partial charge in [0.25, 0.3) is 0 Å². The topological polar surface area (TPSA) is 47.3 Å². The Morgan fingerprint density at radius 1 is 1.46 bits per heavy atom. The molecule has 0 radical (unpaired) electrons. The zero-order valence-corrected chi connectivity index (χ0v) is 9.91. The molecule has 0 fully saturated rings. The number of thioether (sulfide) groups is 1. The number of hydrogen-bond donors (Lipinski definition) is 2. The second kappa shape index (κ2) is 6.65. The number of hydrogen-bond acceptors (Lipinski definition) is 4. The number of nitrogens with one attached hydrogen (secondary N) is 1. The zero-order chi connectivity index (χ0) is 10.3. The highest BCUT2D eigenvalue weighted by molar-refractivity contribution is 8.00. The smallest absolute Gasteiger partial charge is 0.0641 e.